The van der Waals surface area contributed by atoms with E-state index >= 15 is 0 Å². The molecule has 0 saturated carbocycles. The molecule has 0 bridgehead atoms. The fraction of sp³-hybridized carbons (Fsp3) is 0.238. The van der Waals surface area contributed by atoms with Gasteiger partial charge in [-0.05, 0) is 55.4 Å². The SMILES string of the molecule is Cc1cc(NC(=S)N(CCCn2ccnc2)Cc2ccccc2F)ccc1Cl. The van der Waals surface area contributed by atoms with Crippen molar-refractivity contribution in [3.05, 3.63) is 83.2 Å². The molecule has 0 aliphatic carbocycles. The van der Waals surface area contributed by atoms with Crippen LogP contribution in [0.1, 0.15) is 17.5 Å². The molecule has 1 aromatic heterocycles. The summed E-state index contributed by atoms with van der Waals surface area (Å²) in [7, 11) is 0. The minimum absolute atomic E-state index is 0.229. The standard InChI is InChI=1S/C21H22ClFN4S/c1-16-13-18(7-8-19(16)22)25-21(28)27(11-4-10-26-12-9-24-15-26)14-17-5-2-3-6-20(17)23/h2-3,5-9,12-13,15H,4,10-11,14H2,1H3,(H,25,28). The summed E-state index contributed by atoms with van der Waals surface area (Å²) in [5, 5.41) is 4.51. The third-order valence-corrected chi connectivity index (χ3v) is 5.20. The van der Waals surface area contributed by atoms with Gasteiger partial charge < -0.3 is 14.8 Å². The molecule has 3 aromatic rings. The van der Waals surface area contributed by atoms with E-state index in [0.717, 1.165) is 24.2 Å². The molecule has 1 N–H and O–H groups in total. The first-order chi connectivity index (χ1) is 13.5. The highest BCUT2D eigenvalue weighted by Crippen LogP contribution is 2.20. The highest BCUT2D eigenvalue weighted by Gasteiger charge is 2.13. The maximum Gasteiger partial charge on any atom is 0.173 e. The molecule has 0 unspecified atom stereocenters. The molecule has 0 aliphatic heterocycles. The van der Waals surface area contributed by atoms with Gasteiger partial charge in [0.05, 0.1) is 6.33 Å². The topological polar surface area (TPSA) is 33.1 Å². The van der Waals surface area contributed by atoms with Gasteiger partial charge in [0.25, 0.3) is 0 Å². The van der Waals surface area contributed by atoms with Crippen LogP contribution in [0.2, 0.25) is 5.02 Å². The van der Waals surface area contributed by atoms with Crippen LogP contribution in [0.3, 0.4) is 0 Å². The van der Waals surface area contributed by atoms with Crippen LogP contribution in [0.25, 0.3) is 0 Å². The van der Waals surface area contributed by atoms with E-state index in [1.807, 2.05) is 46.9 Å². The first-order valence-electron chi connectivity index (χ1n) is 9.04. The van der Waals surface area contributed by atoms with Crippen LogP contribution in [0.5, 0.6) is 0 Å². The Labute approximate surface area is 175 Å². The Morgan fingerprint density at radius 2 is 2.11 bits per heavy atom. The molecule has 0 spiro atoms. The summed E-state index contributed by atoms with van der Waals surface area (Å²) in [6.45, 7) is 3.84. The van der Waals surface area contributed by atoms with Gasteiger partial charge in [0, 0.05) is 48.3 Å². The summed E-state index contributed by atoms with van der Waals surface area (Å²) in [5.41, 5.74) is 2.44. The molecule has 146 valence electrons. The van der Waals surface area contributed by atoms with Gasteiger partial charge in [0.2, 0.25) is 0 Å². The molecule has 0 fully saturated rings. The Morgan fingerprint density at radius 3 is 2.82 bits per heavy atom. The highest BCUT2D eigenvalue weighted by atomic mass is 35.5. The van der Waals surface area contributed by atoms with Gasteiger partial charge in [0.15, 0.2) is 5.11 Å². The molecule has 4 nitrogen and oxygen atoms in total. The number of nitrogens with one attached hydrogen (secondary N) is 1. The average molecular weight is 417 g/mol. The van der Waals surface area contributed by atoms with Crippen LogP contribution in [0.4, 0.5) is 10.1 Å². The van der Waals surface area contributed by atoms with Gasteiger partial charge in [-0.2, -0.15) is 0 Å². The Bertz CT molecular complexity index is 930. The lowest BCUT2D eigenvalue weighted by Crippen LogP contribution is -2.35. The molecule has 7 heteroatoms. The van der Waals surface area contributed by atoms with Gasteiger partial charge in [0.1, 0.15) is 5.82 Å². The molecule has 0 aliphatic rings. The molecule has 0 atom stereocenters. The molecular weight excluding hydrogens is 395 g/mol. The van der Waals surface area contributed by atoms with Crippen molar-refractivity contribution in [3.63, 3.8) is 0 Å². The van der Waals surface area contributed by atoms with E-state index in [-0.39, 0.29) is 5.82 Å². The van der Waals surface area contributed by atoms with Gasteiger partial charge >= 0.3 is 0 Å². The number of benzene rings is 2. The van der Waals surface area contributed by atoms with Crippen LogP contribution in [0.15, 0.2) is 61.2 Å². The zero-order valence-electron chi connectivity index (χ0n) is 15.6. The van der Waals surface area contributed by atoms with E-state index in [0.29, 0.717) is 28.8 Å². The Balaban J connectivity index is 1.70. The zero-order valence-corrected chi connectivity index (χ0v) is 17.2. The Hall–Kier alpha value is -2.44. The lowest BCUT2D eigenvalue weighted by Gasteiger charge is -2.26. The van der Waals surface area contributed by atoms with Gasteiger partial charge in [-0.1, -0.05) is 29.8 Å². The lowest BCUT2D eigenvalue weighted by atomic mass is 10.2. The second-order valence-corrected chi connectivity index (χ2v) is 7.36. The Morgan fingerprint density at radius 1 is 1.29 bits per heavy atom. The molecule has 1 heterocycles. The zero-order chi connectivity index (χ0) is 19.9. The number of imidazole rings is 1. The number of aromatic nitrogens is 2. The molecule has 2 aromatic carbocycles. The third-order valence-electron chi connectivity index (χ3n) is 4.42. The maximum atomic E-state index is 14.2. The van der Waals surface area contributed by atoms with Crippen LogP contribution in [-0.2, 0) is 13.1 Å². The number of thiocarbonyl (C=S) groups is 1. The van der Waals surface area contributed by atoms with Crippen molar-refractivity contribution in [2.24, 2.45) is 0 Å². The number of rotatable bonds is 7. The van der Waals surface area contributed by atoms with Gasteiger partial charge in [-0.3, -0.25) is 0 Å². The van der Waals surface area contributed by atoms with E-state index in [1.165, 1.54) is 6.07 Å². The second kappa shape index (κ2) is 9.66. The predicted octanol–water partition coefficient (Wildman–Crippen LogP) is 5.27. The summed E-state index contributed by atoms with van der Waals surface area (Å²) < 4.78 is 16.2. The van der Waals surface area contributed by atoms with Crippen LogP contribution in [-0.4, -0.2) is 26.1 Å². The minimum atomic E-state index is -0.229. The average Bonchev–Trinajstić information content (AvgIpc) is 3.19. The molecule has 3 rings (SSSR count). The van der Waals surface area contributed by atoms with E-state index in [2.05, 4.69) is 10.3 Å². The fourth-order valence-corrected chi connectivity index (χ4v) is 3.26. The smallest absolute Gasteiger partial charge is 0.173 e. The maximum absolute atomic E-state index is 14.2. The summed E-state index contributed by atoms with van der Waals surface area (Å²) in [6.07, 6.45) is 6.32. The summed E-state index contributed by atoms with van der Waals surface area (Å²) in [4.78, 5) is 6.04. The highest BCUT2D eigenvalue weighted by molar-refractivity contribution is 7.80. The molecule has 0 amide bonds. The van der Waals surface area contributed by atoms with E-state index < -0.39 is 0 Å². The van der Waals surface area contributed by atoms with Crippen molar-refractivity contribution >= 4 is 34.6 Å². The number of halogens is 2. The van der Waals surface area contributed by atoms with Crippen LogP contribution >= 0.6 is 23.8 Å². The number of hydrogen-bond donors (Lipinski definition) is 1. The molecular formula is C21H22ClFN4S. The summed E-state index contributed by atoms with van der Waals surface area (Å²) in [5.74, 6) is -0.229. The normalized spacial score (nSPS) is 10.7. The predicted molar refractivity (Wildman–Crippen MR) is 116 cm³/mol. The number of hydrogen-bond acceptors (Lipinski definition) is 2. The number of aryl methyl sites for hydroxylation is 2. The van der Waals surface area contributed by atoms with Crippen molar-refractivity contribution in [2.75, 3.05) is 11.9 Å². The first-order valence-corrected chi connectivity index (χ1v) is 9.83. The Kier molecular flexibility index (Phi) is 7.01. The van der Waals surface area contributed by atoms with Crippen molar-refractivity contribution in [1.82, 2.24) is 14.5 Å². The monoisotopic (exact) mass is 416 g/mol. The first kappa shape index (κ1) is 20.3. The molecule has 28 heavy (non-hydrogen) atoms. The molecule has 0 radical (unpaired) electrons. The number of anilines is 1. The van der Waals surface area contributed by atoms with Crippen molar-refractivity contribution in [1.29, 1.82) is 0 Å². The van der Waals surface area contributed by atoms with Crippen LogP contribution in [0, 0.1) is 12.7 Å². The third kappa shape index (κ3) is 5.53. The van der Waals surface area contributed by atoms with E-state index in [1.54, 1.807) is 24.7 Å². The van der Waals surface area contributed by atoms with E-state index in [4.69, 9.17) is 23.8 Å². The van der Waals surface area contributed by atoms with Crippen LogP contribution < -0.4 is 5.32 Å². The number of nitrogens with zero attached hydrogens (tertiary/aromatic N) is 3. The fourth-order valence-electron chi connectivity index (χ4n) is 2.87. The summed E-state index contributed by atoms with van der Waals surface area (Å²) in [6, 6.07) is 12.4. The van der Waals surface area contributed by atoms with Crippen molar-refractivity contribution < 1.29 is 4.39 Å². The minimum Gasteiger partial charge on any atom is -0.345 e. The van der Waals surface area contributed by atoms with E-state index in [9.17, 15) is 4.39 Å². The van der Waals surface area contributed by atoms with Gasteiger partial charge in [-0.15, -0.1) is 0 Å². The van der Waals surface area contributed by atoms with Crippen molar-refractivity contribution in [2.45, 2.75) is 26.4 Å². The molecule has 0 saturated heterocycles. The second-order valence-electron chi connectivity index (χ2n) is 6.56. The lowest BCUT2D eigenvalue weighted by molar-refractivity contribution is 0.388. The largest absolute Gasteiger partial charge is 0.345 e. The summed E-state index contributed by atoms with van der Waals surface area (Å²) >= 11 is 11.7. The van der Waals surface area contributed by atoms with Gasteiger partial charge in [-0.25, -0.2) is 9.37 Å². The quantitative estimate of drug-likeness (QED) is 0.531. The van der Waals surface area contributed by atoms with Crippen molar-refractivity contribution in [3.8, 4) is 0 Å².